The third kappa shape index (κ3) is 2.56. The topological polar surface area (TPSA) is 79.3 Å². The molecule has 0 bridgehead atoms. The van der Waals surface area contributed by atoms with Crippen molar-refractivity contribution in [2.75, 3.05) is 5.32 Å². The number of carboxylic acids is 1. The van der Waals surface area contributed by atoms with Crippen molar-refractivity contribution < 1.29 is 14.7 Å². The molecule has 5 nitrogen and oxygen atoms in total. The number of carbonyl (C=O) groups excluding carboxylic acids is 1. The third-order valence-electron chi connectivity index (χ3n) is 2.23. The molecule has 16 heavy (non-hydrogen) atoms. The zero-order valence-corrected chi connectivity index (χ0v) is 9.44. The Morgan fingerprint density at radius 3 is 2.50 bits per heavy atom. The SMILES string of the molecule is Cc1cccc(NC(=O)C(C)(C)C(=O)O)n1. The molecular formula is C11H14N2O3. The van der Waals surface area contributed by atoms with Crippen molar-refractivity contribution in [1.82, 2.24) is 4.98 Å². The van der Waals surface area contributed by atoms with Crippen LogP contribution < -0.4 is 5.32 Å². The summed E-state index contributed by atoms with van der Waals surface area (Å²) in [4.78, 5) is 26.6. The van der Waals surface area contributed by atoms with E-state index in [4.69, 9.17) is 5.11 Å². The monoisotopic (exact) mass is 222 g/mol. The van der Waals surface area contributed by atoms with Gasteiger partial charge >= 0.3 is 5.97 Å². The number of amides is 1. The number of carbonyl (C=O) groups is 2. The van der Waals surface area contributed by atoms with Gasteiger partial charge < -0.3 is 10.4 Å². The van der Waals surface area contributed by atoms with E-state index < -0.39 is 17.3 Å². The molecule has 5 heteroatoms. The maximum absolute atomic E-state index is 11.7. The smallest absolute Gasteiger partial charge is 0.318 e. The second-order valence-corrected chi connectivity index (χ2v) is 4.05. The lowest BCUT2D eigenvalue weighted by Gasteiger charge is -2.17. The highest BCUT2D eigenvalue weighted by atomic mass is 16.4. The van der Waals surface area contributed by atoms with E-state index in [2.05, 4.69) is 10.3 Å². The number of hydrogen-bond acceptors (Lipinski definition) is 3. The van der Waals surface area contributed by atoms with Gasteiger partial charge in [-0.2, -0.15) is 0 Å². The van der Waals surface area contributed by atoms with Gasteiger partial charge in [-0.1, -0.05) is 6.07 Å². The van der Waals surface area contributed by atoms with Gasteiger partial charge in [0.05, 0.1) is 0 Å². The van der Waals surface area contributed by atoms with Crippen LogP contribution in [0.3, 0.4) is 0 Å². The van der Waals surface area contributed by atoms with Crippen LogP contribution in [0.5, 0.6) is 0 Å². The molecule has 0 unspecified atom stereocenters. The second kappa shape index (κ2) is 4.30. The molecule has 1 aromatic heterocycles. The van der Waals surface area contributed by atoms with E-state index in [-0.39, 0.29) is 0 Å². The molecule has 0 atom stereocenters. The van der Waals surface area contributed by atoms with E-state index in [9.17, 15) is 9.59 Å². The first kappa shape index (κ1) is 12.2. The molecule has 1 aromatic rings. The van der Waals surface area contributed by atoms with E-state index in [0.29, 0.717) is 5.82 Å². The first-order chi connectivity index (χ1) is 7.34. The van der Waals surface area contributed by atoms with Gasteiger partial charge in [-0.05, 0) is 32.9 Å². The van der Waals surface area contributed by atoms with Gasteiger partial charge in [0.1, 0.15) is 11.2 Å². The Bertz CT molecular complexity index is 427. The summed E-state index contributed by atoms with van der Waals surface area (Å²) in [6.45, 7) is 4.49. The normalized spacial score (nSPS) is 10.9. The number of aliphatic carboxylic acids is 1. The van der Waals surface area contributed by atoms with Gasteiger partial charge in [0, 0.05) is 5.69 Å². The minimum atomic E-state index is -1.47. The molecule has 0 aliphatic carbocycles. The summed E-state index contributed by atoms with van der Waals surface area (Å²) in [7, 11) is 0. The fourth-order valence-corrected chi connectivity index (χ4v) is 0.982. The lowest BCUT2D eigenvalue weighted by Crippen LogP contribution is -2.38. The van der Waals surface area contributed by atoms with E-state index in [1.54, 1.807) is 25.1 Å². The maximum Gasteiger partial charge on any atom is 0.318 e. The molecule has 86 valence electrons. The Labute approximate surface area is 93.5 Å². The van der Waals surface area contributed by atoms with Gasteiger partial charge in [-0.3, -0.25) is 9.59 Å². The quantitative estimate of drug-likeness (QED) is 0.758. The lowest BCUT2D eigenvalue weighted by atomic mass is 9.93. The van der Waals surface area contributed by atoms with Crippen molar-refractivity contribution in [3.05, 3.63) is 23.9 Å². The highest BCUT2D eigenvalue weighted by Gasteiger charge is 2.36. The van der Waals surface area contributed by atoms with E-state index in [1.165, 1.54) is 13.8 Å². The molecule has 0 fully saturated rings. The standard InChI is InChI=1S/C11H14N2O3/c1-7-5-4-6-8(12-7)13-9(14)11(2,3)10(15)16/h4-6H,1-3H3,(H,15,16)(H,12,13,14). The van der Waals surface area contributed by atoms with Crippen LogP contribution in [0, 0.1) is 12.3 Å². The summed E-state index contributed by atoms with van der Waals surface area (Å²) in [6, 6.07) is 5.15. The van der Waals surface area contributed by atoms with E-state index in [0.717, 1.165) is 5.69 Å². The maximum atomic E-state index is 11.7. The number of rotatable bonds is 3. The van der Waals surface area contributed by atoms with Crippen molar-refractivity contribution in [3.63, 3.8) is 0 Å². The van der Waals surface area contributed by atoms with Crippen LogP contribution in [0.2, 0.25) is 0 Å². The number of nitrogens with zero attached hydrogens (tertiary/aromatic N) is 1. The number of nitrogens with one attached hydrogen (secondary N) is 1. The van der Waals surface area contributed by atoms with Crippen molar-refractivity contribution in [3.8, 4) is 0 Å². The van der Waals surface area contributed by atoms with Crippen LogP contribution in [-0.2, 0) is 9.59 Å². The largest absolute Gasteiger partial charge is 0.480 e. The van der Waals surface area contributed by atoms with Crippen molar-refractivity contribution in [2.45, 2.75) is 20.8 Å². The predicted octanol–water partition coefficient (Wildman–Crippen LogP) is 1.44. The predicted molar refractivity (Wildman–Crippen MR) is 59.0 cm³/mol. The van der Waals surface area contributed by atoms with Gasteiger partial charge in [0.25, 0.3) is 0 Å². The molecular weight excluding hydrogens is 208 g/mol. The van der Waals surface area contributed by atoms with Gasteiger partial charge in [0.2, 0.25) is 5.91 Å². The van der Waals surface area contributed by atoms with Crippen LogP contribution in [0.4, 0.5) is 5.82 Å². The fraction of sp³-hybridized carbons (Fsp3) is 0.364. The summed E-state index contributed by atoms with van der Waals surface area (Å²) in [5.41, 5.74) is -0.711. The molecule has 0 radical (unpaired) electrons. The molecule has 0 aliphatic rings. The Kier molecular flexibility index (Phi) is 3.27. The second-order valence-electron chi connectivity index (χ2n) is 4.05. The molecule has 1 heterocycles. The van der Waals surface area contributed by atoms with Gasteiger partial charge in [0.15, 0.2) is 0 Å². The molecule has 0 aliphatic heterocycles. The molecule has 1 amide bonds. The highest BCUT2D eigenvalue weighted by Crippen LogP contribution is 2.18. The van der Waals surface area contributed by atoms with Crippen LogP contribution in [-0.4, -0.2) is 22.0 Å². The van der Waals surface area contributed by atoms with Crippen molar-refractivity contribution >= 4 is 17.7 Å². The molecule has 0 spiro atoms. The van der Waals surface area contributed by atoms with E-state index >= 15 is 0 Å². The lowest BCUT2D eigenvalue weighted by molar-refractivity contribution is -0.151. The van der Waals surface area contributed by atoms with Crippen LogP contribution in [0.15, 0.2) is 18.2 Å². The molecule has 1 rings (SSSR count). The first-order valence-electron chi connectivity index (χ1n) is 4.82. The first-order valence-corrected chi connectivity index (χ1v) is 4.82. The zero-order chi connectivity index (χ0) is 12.3. The van der Waals surface area contributed by atoms with Crippen molar-refractivity contribution in [2.24, 2.45) is 5.41 Å². The summed E-state index contributed by atoms with van der Waals surface area (Å²) in [6.07, 6.45) is 0. The van der Waals surface area contributed by atoms with E-state index in [1.807, 2.05) is 0 Å². The highest BCUT2D eigenvalue weighted by molar-refractivity contribution is 6.07. The summed E-state index contributed by atoms with van der Waals surface area (Å²) < 4.78 is 0. The number of aryl methyl sites for hydroxylation is 1. The van der Waals surface area contributed by atoms with Crippen LogP contribution >= 0.6 is 0 Å². The van der Waals surface area contributed by atoms with Gasteiger partial charge in [-0.15, -0.1) is 0 Å². The average molecular weight is 222 g/mol. The van der Waals surface area contributed by atoms with Gasteiger partial charge in [-0.25, -0.2) is 4.98 Å². The van der Waals surface area contributed by atoms with Crippen LogP contribution in [0.25, 0.3) is 0 Å². The molecule has 0 saturated heterocycles. The number of carboxylic acid groups (broad SMARTS) is 1. The Hall–Kier alpha value is -1.91. The zero-order valence-electron chi connectivity index (χ0n) is 9.44. The number of pyridine rings is 1. The summed E-state index contributed by atoms with van der Waals surface area (Å²) in [5.74, 6) is -1.39. The Morgan fingerprint density at radius 1 is 1.38 bits per heavy atom. The number of aromatic nitrogens is 1. The van der Waals surface area contributed by atoms with Crippen molar-refractivity contribution in [1.29, 1.82) is 0 Å². The third-order valence-corrected chi connectivity index (χ3v) is 2.23. The minimum absolute atomic E-state index is 0.360. The summed E-state index contributed by atoms with van der Waals surface area (Å²) >= 11 is 0. The molecule has 0 saturated carbocycles. The number of anilines is 1. The molecule has 2 N–H and O–H groups in total. The van der Waals surface area contributed by atoms with Crippen LogP contribution in [0.1, 0.15) is 19.5 Å². The molecule has 0 aromatic carbocycles. The Balaban J connectivity index is 2.83. The number of hydrogen-bond donors (Lipinski definition) is 2. The summed E-state index contributed by atoms with van der Waals surface area (Å²) in [5, 5.41) is 11.3. The average Bonchev–Trinajstić information content (AvgIpc) is 2.17. The minimum Gasteiger partial charge on any atom is -0.480 e. The Morgan fingerprint density at radius 2 is 2.00 bits per heavy atom. The fourth-order valence-electron chi connectivity index (χ4n) is 0.982.